The van der Waals surface area contributed by atoms with Gasteiger partial charge in [0, 0.05) is 23.5 Å². The first-order chi connectivity index (χ1) is 18.0. The number of esters is 1. The summed E-state index contributed by atoms with van der Waals surface area (Å²) < 4.78 is 38.0. The third kappa shape index (κ3) is 5.56. The Morgan fingerprint density at radius 2 is 2.00 bits per heavy atom. The summed E-state index contributed by atoms with van der Waals surface area (Å²) in [6.45, 7) is 6.20. The van der Waals surface area contributed by atoms with Crippen LogP contribution in [0.2, 0.25) is 0 Å². The van der Waals surface area contributed by atoms with Gasteiger partial charge in [0.05, 0.1) is 12.7 Å². The summed E-state index contributed by atoms with van der Waals surface area (Å²) in [5, 5.41) is 25.6. The number of carbonyl (C=O) groups excluding carboxylic acids is 1. The number of benzene rings is 1. The standard InChI is InChI=1S/C25H33N4O8P/c1-5-34-23(31)15(2)28-38(33,37-17-9-7-6-8-10-17)36-16(3)20-21(30)25(4,32)24(35-20)29-14-12-18-19(26)11-13-27-22(18)29/h6-16,20-21,24,30,32H,5H2,1-4H3,(H2,26,27)(H,28,33)/t15-,16-,20+,21+,24+,25+,38?/m0/s1. The van der Waals surface area contributed by atoms with Crippen molar-refractivity contribution in [3.63, 3.8) is 0 Å². The number of pyridine rings is 1. The minimum atomic E-state index is -4.24. The fourth-order valence-electron chi connectivity index (χ4n) is 4.36. The van der Waals surface area contributed by atoms with E-state index in [9.17, 15) is 19.6 Å². The average molecular weight is 549 g/mol. The monoisotopic (exact) mass is 548 g/mol. The number of hydrogen-bond acceptors (Lipinski definition) is 10. The van der Waals surface area contributed by atoms with Crippen molar-refractivity contribution >= 4 is 30.4 Å². The first kappa shape index (κ1) is 28.0. The molecule has 7 atom stereocenters. The first-order valence-electron chi connectivity index (χ1n) is 12.2. The zero-order valence-corrected chi connectivity index (χ0v) is 22.4. The van der Waals surface area contributed by atoms with E-state index in [1.54, 1.807) is 60.2 Å². The lowest BCUT2D eigenvalue weighted by molar-refractivity contribution is -0.144. The Labute approximate surface area is 220 Å². The molecule has 13 heteroatoms. The largest absolute Gasteiger partial charge is 0.465 e. The molecule has 1 fully saturated rings. The normalized spacial score (nSPS) is 26.5. The molecule has 38 heavy (non-hydrogen) atoms. The van der Waals surface area contributed by atoms with Gasteiger partial charge < -0.3 is 34.5 Å². The zero-order valence-electron chi connectivity index (χ0n) is 21.6. The van der Waals surface area contributed by atoms with E-state index in [2.05, 4.69) is 10.1 Å². The van der Waals surface area contributed by atoms with Gasteiger partial charge in [-0.3, -0.25) is 9.32 Å². The van der Waals surface area contributed by atoms with Gasteiger partial charge >= 0.3 is 13.7 Å². The van der Waals surface area contributed by atoms with Crippen molar-refractivity contribution < 1.29 is 38.1 Å². The molecular weight excluding hydrogens is 515 g/mol. The van der Waals surface area contributed by atoms with Crippen LogP contribution in [0, 0.1) is 0 Å². The number of rotatable bonds is 10. The van der Waals surface area contributed by atoms with Gasteiger partial charge in [-0.05, 0) is 52.0 Å². The van der Waals surface area contributed by atoms with Crippen molar-refractivity contribution in [3.8, 4) is 5.75 Å². The van der Waals surface area contributed by atoms with Crippen LogP contribution in [-0.4, -0.2) is 62.3 Å². The van der Waals surface area contributed by atoms with Gasteiger partial charge in [0.25, 0.3) is 0 Å². The highest BCUT2D eigenvalue weighted by molar-refractivity contribution is 7.52. The van der Waals surface area contributed by atoms with Gasteiger partial charge in [0.15, 0.2) is 6.23 Å². The van der Waals surface area contributed by atoms with Crippen LogP contribution in [0.15, 0.2) is 54.9 Å². The minimum absolute atomic E-state index is 0.138. The molecule has 3 aromatic rings. The molecule has 2 aromatic heterocycles. The molecule has 0 amide bonds. The maximum Gasteiger partial charge on any atom is 0.459 e. The molecule has 0 spiro atoms. The van der Waals surface area contributed by atoms with Crippen molar-refractivity contribution in [2.45, 2.75) is 63.9 Å². The highest BCUT2D eigenvalue weighted by Gasteiger charge is 2.56. The lowest BCUT2D eigenvalue weighted by Crippen LogP contribution is -2.46. The molecule has 1 aliphatic rings. The molecular formula is C25H33N4O8P. The fraction of sp³-hybridized carbons (Fsp3) is 0.440. The topological polar surface area (TPSA) is 167 Å². The number of nitrogens with zero attached hydrogens (tertiary/aromatic N) is 2. The molecule has 206 valence electrons. The average Bonchev–Trinajstić information content (AvgIpc) is 3.38. The molecule has 1 aliphatic heterocycles. The van der Waals surface area contributed by atoms with Crippen LogP contribution in [0.3, 0.4) is 0 Å². The van der Waals surface area contributed by atoms with Crippen LogP contribution in [0.4, 0.5) is 5.69 Å². The van der Waals surface area contributed by atoms with E-state index in [0.717, 1.165) is 0 Å². The smallest absolute Gasteiger partial charge is 0.459 e. The number of anilines is 1. The van der Waals surface area contributed by atoms with E-state index in [1.165, 1.54) is 27.0 Å². The van der Waals surface area contributed by atoms with Crippen LogP contribution >= 0.6 is 7.75 Å². The van der Waals surface area contributed by atoms with Crippen LogP contribution < -0.4 is 15.3 Å². The number of aliphatic hydroxyl groups is 2. The molecule has 0 saturated carbocycles. The number of nitrogens with two attached hydrogens (primary N) is 1. The summed E-state index contributed by atoms with van der Waals surface area (Å²) in [5.74, 6) is -0.418. The first-order valence-corrected chi connectivity index (χ1v) is 13.8. The van der Waals surface area contributed by atoms with Crippen LogP contribution in [0.25, 0.3) is 11.0 Å². The van der Waals surface area contributed by atoms with Crippen molar-refractivity contribution in [2.24, 2.45) is 0 Å². The van der Waals surface area contributed by atoms with Gasteiger partial charge in [-0.2, -0.15) is 5.09 Å². The third-order valence-corrected chi connectivity index (χ3v) is 8.09. The Bertz CT molecular complexity index is 1320. The number of fused-ring (bicyclic) bond motifs is 1. The van der Waals surface area contributed by atoms with Crippen LogP contribution in [0.5, 0.6) is 5.75 Å². The van der Waals surface area contributed by atoms with E-state index < -0.39 is 49.9 Å². The van der Waals surface area contributed by atoms with E-state index >= 15 is 0 Å². The number of nitrogen functional groups attached to an aromatic ring is 1. The highest BCUT2D eigenvalue weighted by atomic mass is 31.2. The summed E-state index contributed by atoms with van der Waals surface area (Å²) in [6.07, 6.45) is -1.54. The fourth-order valence-corrected chi connectivity index (χ4v) is 6.05. The summed E-state index contributed by atoms with van der Waals surface area (Å²) in [6, 6.07) is 10.6. The number of hydrogen-bond donors (Lipinski definition) is 4. The van der Waals surface area contributed by atoms with E-state index in [1.807, 2.05) is 0 Å². The molecule has 5 N–H and O–H groups in total. The Balaban J connectivity index is 1.59. The number of aliphatic hydroxyl groups excluding tert-OH is 1. The maximum atomic E-state index is 13.9. The quantitative estimate of drug-likeness (QED) is 0.217. The number of para-hydroxylation sites is 1. The number of nitrogens with one attached hydrogen (secondary N) is 1. The van der Waals surface area contributed by atoms with Crippen molar-refractivity contribution in [1.82, 2.24) is 14.6 Å². The molecule has 1 unspecified atom stereocenters. The molecule has 3 heterocycles. The van der Waals surface area contributed by atoms with E-state index in [4.69, 9.17) is 24.3 Å². The van der Waals surface area contributed by atoms with Crippen molar-refractivity contribution in [3.05, 3.63) is 54.9 Å². The predicted molar refractivity (Wildman–Crippen MR) is 139 cm³/mol. The Morgan fingerprint density at radius 1 is 1.29 bits per heavy atom. The second-order valence-corrected chi connectivity index (χ2v) is 10.9. The summed E-state index contributed by atoms with van der Waals surface area (Å²) in [4.78, 5) is 16.6. The molecule has 12 nitrogen and oxygen atoms in total. The molecule has 1 saturated heterocycles. The van der Waals surface area contributed by atoms with Gasteiger partial charge in [0.2, 0.25) is 0 Å². The third-order valence-electron chi connectivity index (χ3n) is 6.33. The molecule has 0 radical (unpaired) electrons. The second-order valence-electron chi connectivity index (χ2n) is 9.30. The minimum Gasteiger partial charge on any atom is -0.465 e. The Kier molecular flexibility index (Phi) is 8.12. The van der Waals surface area contributed by atoms with E-state index in [0.29, 0.717) is 16.7 Å². The SMILES string of the molecule is CCOC(=O)[C@H](C)NP(=O)(Oc1ccccc1)O[C@@H](C)[C@H]1O[C@@H](n2ccc3c(N)ccnc32)[C@](C)(O)[C@@H]1O. The summed E-state index contributed by atoms with van der Waals surface area (Å²) in [5.41, 5.74) is 5.22. The van der Waals surface area contributed by atoms with Crippen molar-refractivity contribution in [1.29, 1.82) is 0 Å². The summed E-state index contributed by atoms with van der Waals surface area (Å²) in [7, 11) is -4.24. The number of aromatic nitrogens is 2. The second kappa shape index (κ2) is 11.0. The van der Waals surface area contributed by atoms with Gasteiger partial charge in [0.1, 0.15) is 35.2 Å². The molecule has 1 aromatic carbocycles. The highest BCUT2D eigenvalue weighted by Crippen LogP contribution is 2.49. The lowest BCUT2D eigenvalue weighted by Gasteiger charge is -2.29. The van der Waals surface area contributed by atoms with Gasteiger partial charge in [-0.1, -0.05) is 18.2 Å². The maximum absolute atomic E-state index is 13.9. The number of ether oxygens (including phenoxy) is 2. The van der Waals surface area contributed by atoms with Crippen LogP contribution in [0.1, 0.15) is 33.9 Å². The Hall–Kier alpha value is -2.99. The molecule has 4 rings (SSSR count). The van der Waals surface area contributed by atoms with Crippen molar-refractivity contribution in [2.75, 3.05) is 12.3 Å². The zero-order chi connectivity index (χ0) is 27.7. The van der Waals surface area contributed by atoms with Gasteiger partial charge in [-0.25, -0.2) is 9.55 Å². The molecule has 0 aliphatic carbocycles. The summed E-state index contributed by atoms with van der Waals surface area (Å²) >= 11 is 0. The molecule has 0 bridgehead atoms. The van der Waals surface area contributed by atoms with Crippen LogP contribution in [-0.2, 0) is 23.4 Å². The van der Waals surface area contributed by atoms with E-state index in [-0.39, 0.29) is 12.4 Å². The predicted octanol–water partition coefficient (Wildman–Crippen LogP) is 2.76. The lowest BCUT2D eigenvalue weighted by atomic mass is 9.94. The number of carbonyl (C=O) groups is 1. The van der Waals surface area contributed by atoms with Gasteiger partial charge in [-0.15, -0.1) is 0 Å². The Morgan fingerprint density at radius 3 is 2.68 bits per heavy atom.